The van der Waals surface area contributed by atoms with E-state index in [-0.39, 0.29) is 18.0 Å². The number of hydrogen-bond acceptors (Lipinski definition) is 4. The zero-order valence-electron chi connectivity index (χ0n) is 18.3. The number of rotatable bonds is 8. The van der Waals surface area contributed by atoms with Crippen LogP contribution >= 0.6 is 0 Å². The van der Waals surface area contributed by atoms with Crippen molar-refractivity contribution in [2.45, 2.75) is 32.1 Å². The maximum Gasteiger partial charge on any atom is 0.243 e. The standard InChI is InChI=1S/C25H27NO4S/c1-6-14-26(31(27,28)23-10-7-18(2)8-11-23)15-13-21-9-12-24(30-21)25-19(3)16-22(29-5)17-20(25)4/h1,7-12,16-17H,13-15H2,2-5H3. The van der Waals surface area contributed by atoms with E-state index < -0.39 is 10.0 Å². The number of aryl methyl sites for hydroxylation is 3. The molecule has 0 N–H and O–H groups in total. The quantitative estimate of drug-likeness (QED) is 0.477. The third-order valence-corrected chi connectivity index (χ3v) is 7.04. The molecule has 162 valence electrons. The largest absolute Gasteiger partial charge is 0.497 e. The fourth-order valence-electron chi connectivity index (χ4n) is 3.56. The summed E-state index contributed by atoms with van der Waals surface area (Å²) in [5.74, 6) is 4.70. The van der Waals surface area contributed by atoms with Crippen molar-refractivity contribution in [1.82, 2.24) is 4.31 Å². The predicted octanol–water partition coefficient (Wildman–Crippen LogP) is 4.75. The number of terminal acetylenes is 1. The van der Waals surface area contributed by atoms with Gasteiger partial charge in [-0.25, -0.2) is 8.42 Å². The average Bonchev–Trinajstić information content (AvgIpc) is 3.19. The maximum atomic E-state index is 13.0. The molecular weight excluding hydrogens is 410 g/mol. The Balaban J connectivity index is 1.80. The van der Waals surface area contributed by atoms with E-state index in [1.165, 1.54) is 4.31 Å². The van der Waals surface area contributed by atoms with Gasteiger partial charge >= 0.3 is 0 Å². The van der Waals surface area contributed by atoms with Crippen LogP contribution in [0.1, 0.15) is 22.5 Å². The molecular formula is C25H27NO4S. The highest BCUT2D eigenvalue weighted by Gasteiger charge is 2.24. The van der Waals surface area contributed by atoms with Crippen LogP contribution in [0, 0.1) is 33.1 Å². The molecule has 0 aliphatic rings. The van der Waals surface area contributed by atoms with Gasteiger partial charge in [0.25, 0.3) is 0 Å². The van der Waals surface area contributed by atoms with Crippen LogP contribution in [0.3, 0.4) is 0 Å². The number of benzene rings is 2. The highest BCUT2D eigenvalue weighted by Crippen LogP contribution is 2.32. The minimum absolute atomic E-state index is 0.000468. The highest BCUT2D eigenvalue weighted by atomic mass is 32.2. The van der Waals surface area contributed by atoms with Crippen molar-refractivity contribution in [3.63, 3.8) is 0 Å². The van der Waals surface area contributed by atoms with E-state index in [2.05, 4.69) is 5.92 Å². The van der Waals surface area contributed by atoms with Gasteiger partial charge in [-0.3, -0.25) is 0 Å². The van der Waals surface area contributed by atoms with Gasteiger partial charge in [-0.15, -0.1) is 6.42 Å². The molecule has 0 aliphatic carbocycles. The van der Waals surface area contributed by atoms with E-state index in [0.717, 1.165) is 33.8 Å². The van der Waals surface area contributed by atoms with E-state index in [1.54, 1.807) is 31.4 Å². The van der Waals surface area contributed by atoms with Gasteiger partial charge < -0.3 is 9.15 Å². The van der Waals surface area contributed by atoms with Gasteiger partial charge in [0.1, 0.15) is 17.3 Å². The van der Waals surface area contributed by atoms with E-state index in [9.17, 15) is 8.42 Å². The second-order valence-corrected chi connectivity index (χ2v) is 9.45. The Kier molecular flexibility index (Phi) is 6.89. The number of hydrogen-bond donors (Lipinski definition) is 0. The number of sulfonamides is 1. The molecule has 0 bridgehead atoms. The zero-order valence-corrected chi connectivity index (χ0v) is 19.1. The maximum absolute atomic E-state index is 13.0. The van der Waals surface area contributed by atoms with Gasteiger partial charge in [0, 0.05) is 18.5 Å². The predicted molar refractivity (Wildman–Crippen MR) is 123 cm³/mol. The minimum atomic E-state index is -3.68. The van der Waals surface area contributed by atoms with Crippen LogP contribution in [0.2, 0.25) is 0 Å². The topological polar surface area (TPSA) is 59.8 Å². The van der Waals surface area contributed by atoms with Crippen LogP contribution in [-0.4, -0.2) is 32.9 Å². The molecule has 0 saturated heterocycles. The number of ether oxygens (including phenoxy) is 1. The van der Waals surface area contributed by atoms with Crippen molar-refractivity contribution in [3.05, 3.63) is 71.0 Å². The molecule has 3 aromatic rings. The van der Waals surface area contributed by atoms with E-state index in [4.69, 9.17) is 15.6 Å². The van der Waals surface area contributed by atoms with Gasteiger partial charge in [0.15, 0.2) is 0 Å². The summed E-state index contributed by atoms with van der Waals surface area (Å²) in [6, 6.07) is 14.5. The fraction of sp³-hybridized carbons (Fsp3) is 0.280. The fourth-order valence-corrected chi connectivity index (χ4v) is 4.91. The molecule has 0 saturated carbocycles. The SMILES string of the molecule is C#CCN(CCc1ccc(-c2c(C)cc(OC)cc2C)o1)S(=O)(=O)c1ccc(C)cc1. The second-order valence-electron chi connectivity index (χ2n) is 7.51. The third-order valence-electron chi connectivity index (χ3n) is 5.18. The molecule has 0 radical (unpaired) electrons. The molecule has 0 atom stereocenters. The van der Waals surface area contributed by atoms with Crippen LogP contribution < -0.4 is 4.74 Å². The first-order valence-corrected chi connectivity index (χ1v) is 11.4. The van der Waals surface area contributed by atoms with Gasteiger partial charge in [-0.2, -0.15) is 4.31 Å². The van der Waals surface area contributed by atoms with Crippen LogP contribution in [0.5, 0.6) is 5.75 Å². The number of nitrogens with zero attached hydrogens (tertiary/aromatic N) is 1. The zero-order chi connectivity index (χ0) is 22.6. The monoisotopic (exact) mass is 437 g/mol. The van der Waals surface area contributed by atoms with Gasteiger partial charge in [-0.1, -0.05) is 23.6 Å². The molecule has 0 fully saturated rings. The molecule has 3 rings (SSSR count). The normalized spacial score (nSPS) is 11.5. The lowest BCUT2D eigenvalue weighted by Gasteiger charge is -2.19. The van der Waals surface area contributed by atoms with Crippen molar-refractivity contribution < 1.29 is 17.6 Å². The summed E-state index contributed by atoms with van der Waals surface area (Å²) in [5.41, 5.74) is 4.11. The Morgan fingerprint density at radius 3 is 2.26 bits per heavy atom. The van der Waals surface area contributed by atoms with E-state index >= 15 is 0 Å². The molecule has 0 amide bonds. The van der Waals surface area contributed by atoms with Crippen molar-refractivity contribution in [3.8, 4) is 29.4 Å². The first-order valence-electron chi connectivity index (χ1n) is 10.0. The Labute approximate surface area is 184 Å². The molecule has 2 aromatic carbocycles. The number of methoxy groups -OCH3 is 1. The van der Waals surface area contributed by atoms with Crippen LogP contribution in [-0.2, 0) is 16.4 Å². The Morgan fingerprint density at radius 1 is 1.03 bits per heavy atom. The first kappa shape index (κ1) is 22.7. The highest BCUT2D eigenvalue weighted by molar-refractivity contribution is 7.89. The molecule has 6 heteroatoms. The third kappa shape index (κ3) is 5.01. The van der Waals surface area contributed by atoms with E-state index in [0.29, 0.717) is 12.2 Å². The molecule has 5 nitrogen and oxygen atoms in total. The van der Waals surface area contributed by atoms with Gasteiger partial charge in [0.2, 0.25) is 10.0 Å². The molecule has 0 spiro atoms. The summed E-state index contributed by atoms with van der Waals surface area (Å²) in [6.45, 7) is 6.16. The Bertz CT molecular complexity index is 1180. The average molecular weight is 438 g/mol. The van der Waals surface area contributed by atoms with Crippen molar-refractivity contribution in [2.75, 3.05) is 20.2 Å². The van der Waals surface area contributed by atoms with Crippen molar-refractivity contribution in [2.24, 2.45) is 0 Å². The summed E-state index contributed by atoms with van der Waals surface area (Å²) >= 11 is 0. The summed E-state index contributed by atoms with van der Waals surface area (Å²) < 4.78 is 38.7. The summed E-state index contributed by atoms with van der Waals surface area (Å²) in [7, 11) is -2.04. The lowest BCUT2D eigenvalue weighted by molar-refractivity contribution is 0.414. The van der Waals surface area contributed by atoms with Gasteiger partial charge in [0.05, 0.1) is 18.6 Å². The summed E-state index contributed by atoms with van der Waals surface area (Å²) in [6.07, 6.45) is 5.86. The molecule has 0 unspecified atom stereocenters. The number of furan rings is 1. The Hall–Kier alpha value is -3.01. The van der Waals surface area contributed by atoms with Gasteiger partial charge in [-0.05, 0) is 68.3 Å². The van der Waals surface area contributed by atoms with E-state index in [1.807, 2.05) is 45.0 Å². The minimum Gasteiger partial charge on any atom is -0.497 e. The lowest BCUT2D eigenvalue weighted by atomic mass is 10.0. The van der Waals surface area contributed by atoms with Crippen LogP contribution in [0.4, 0.5) is 0 Å². The molecule has 1 heterocycles. The lowest BCUT2D eigenvalue weighted by Crippen LogP contribution is -2.33. The molecule has 31 heavy (non-hydrogen) atoms. The van der Waals surface area contributed by atoms with Crippen LogP contribution in [0.15, 0.2) is 57.8 Å². The smallest absolute Gasteiger partial charge is 0.243 e. The summed E-state index contributed by atoms with van der Waals surface area (Å²) in [5, 5.41) is 0. The Morgan fingerprint density at radius 2 is 1.68 bits per heavy atom. The summed E-state index contributed by atoms with van der Waals surface area (Å²) in [4.78, 5) is 0.234. The van der Waals surface area contributed by atoms with Crippen LogP contribution in [0.25, 0.3) is 11.3 Å². The molecule has 0 aliphatic heterocycles. The molecule has 1 aromatic heterocycles. The van der Waals surface area contributed by atoms with Crippen molar-refractivity contribution in [1.29, 1.82) is 0 Å². The second kappa shape index (κ2) is 9.42. The first-order chi connectivity index (χ1) is 14.8. The van der Waals surface area contributed by atoms with Crippen molar-refractivity contribution >= 4 is 10.0 Å².